The Hall–Kier alpha value is -4.29. The fourth-order valence-corrected chi connectivity index (χ4v) is 4.15. The van der Waals surface area contributed by atoms with Crippen LogP contribution >= 0.6 is 0 Å². The van der Waals surface area contributed by atoms with Crippen LogP contribution in [0.3, 0.4) is 0 Å². The lowest BCUT2D eigenvalue weighted by Gasteiger charge is -2.32. The Morgan fingerprint density at radius 2 is 1.71 bits per heavy atom. The number of aromatic nitrogens is 4. The largest absolute Gasteiger partial charge is 0.487 e. The lowest BCUT2D eigenvalue weighted by atomic mass is 10.1. The second kappa shape index (κ2) is 9.29. The Morgan fingerprint density at radius 1 is 1.06 bits per heavy atom. The summed E-state index contributed by atoms with van der Waals surface area (Å²) in [5.74, 6) is 0.630. The van der Waals surface area contributed by atoms with Crippen molar-refractivity contribution >= 4 is 15.8 Å². The minimum absolute atomic E-state index is 0.0513. The van der Waals surface area contributed by atoms with Gasteiger partial charge in [0.1, 0.15) is 18.2 Å². The summed E-state index contributed by atoms with van der Waals surface area (Å²) < 4.78 is 30.3. The molecule has 1 aromatic carbocycles. The topological polar surface area (TPSA) is 155 Å². The Morgan fingerprint density at radius 3 is 2.26 bits per heavy atom. The van der Waals surface area contributed by atoms with E-state index in [1.54, 1.807) is 0 Å². The molecule has 4 rings (SSSR count). The molecule has 1 aliphatic heterocycles. The molecule has 12 heteroatoms. The van der Waals surface area contributed by atoms with Gasteiger partial charge in [0.25, 0.3) is 5.56 Å². The van der Waals surface area contributed by atoms with Gasteiger partial charge in [0, 0.05) is 32.2 Å². The molecule has 1 saturated heterocycles. The van der Waals surface area contributed by atoms with Gasteiger partial charge in [-0.2, -0.15) is 15.2 Å². The molecule has 0 aliphatic carbocycles. The third-order valence-electron chi connectivity index (χ3n) is 5.30. The summed E-state index contributed by atoms with van der Waals surface area (Å²) in [5.41, 5.74) is 0.157. The number of hydrogen-bond donors (Lipinski definition) is 0. The normalized spacial score (nSPS) is 14.3. The molecule has 0 atom stereocenters. The van der Waals surface area contributed by atoms with Gasteiger partial charge >= 0.3 is 0 Å². The first-order valence-electron chi connectivity index (χ1n) is 10.3. The van der Waals surface area contributed by atoms with Gasteiger partial charge in [0.2, 0.25) is 11.6 Å². The average molecular weight is 478 g/mol. The molecule has 0 bridgehead atoms. The summed E-state index contributed by atoms with van der Waals surface area (Å²) in [4.78, 5) is 23.2. The third-order valence-corrected chi connectivity index (χ3v) is 6.43. The van der Waals surface area contributed by atoms with Crippen molar-refractivity contribution in [2.45, 2.75) is 23.8 Å². The van der Waals surface area contributed by atoms with Gasteiger partial charge in [-0.25, -0.2) is 18.4 Å². The van der Waals surface area contributed by atoms with Gasteiger partial charge in [-0.15, -0.1) is 5.10 Å². The van der Waals surface area contributed by atoms with Crippen molar-refractivity contribution in [1.82, 2.24) is 19.7 Å². The third kappa shape index (κ3) is 4.87. The maximum Gasteiger partial charge on any atom is 0.275 e. The number of nitrogens with zero attached hydrogens (tertiary/aromatic N) is 7. The number of piperidine rings is 1. The van der Waals surface area contributed by atoms with Crippen LogP contribution in [-0.4, -0.2) is 53.6 Å². The van der Waals surface area contributed by atoms with Crippen molar-refractivity contribution < 1.29 is 13.2 Å². The van der Waals surface area contributed by atoms with Crippen molar-refractivity contribution in [2.75, 3.05) is 24.2 Å². The Balaban J connectivity index is 1.48. The van der Waals surface area contributed by atoms with E-state index >= 15 is 0 Å². The molecule has 0 saturated carbocycles. The van der Waals surface area contributed by atoms with Crippen LogP contribution in [-0.2, 0) is 9.84 Å². The van der Waals surface area contributed by atoms with Gasteiger partial charge < -0.3 is 9.64 Å². The molecule has 0 unspecified atom stereocenters. The van der Waals surface area contributed by atoms with Gasteiger partial charge in [-0.3, -0.25) is 4.79 Å². The van der Waals surface area contributed by atoms with Crippen LogP contribution in [0.25, 0.3) is 5.69 Å². The number of anilines is 1. The molecule has 0 radical (unpaired) electrons. The molecular formula is C22H19N7O4S. The summed E-state index contributed by atoms with van der Waals surface area (Å²) in [6.45, 7) is 1.21. The van der Waals surface area contributed by atoms with E-state index in [9.17, 15) is 18.5 Å². The van der Waals surface area contributed by atoms with E-state index in [1.807, 2.05) is 17.0 Å². The lowest BCUT2D eigenvalue weighted by molar-refractivity contribution is 0.168. The fourth-order valence-electron chi connectivity index (χ4n) is 3.52. The molecule has 2 aromatic heterocycles. The number of rotatable bonds is 5. The van der Waals surface area contributed by atoms with E-state index in [1.165, 1.54) is 42.7 Å². The smallest absolute Gasteiger partial charge is 0.275 e. The quantitative estimate of drug-likeness (QED) is 0.523. The number of benzene rings is 1. The number of nitriles is 2. The van der Waals surface area contributed by atoms with Crippen LogP contribution < -0.4 is 15.2 Å². The van der Waals surface area contributed by atoms with Gasteiger partial charge in [-0.1, -0.05) is 0 Å². The fraction of sp³-hybridized carbons (Fsp3) is 0.273. The van der Waals surface area contributed by atoms with E-state index < -0.39 is 15.4 Å². The zero-order valence-electron chi connectivity index (χ0n) is 18.1. The predicted molar refractivity (Wildman–Crippen MR) is 120 cm³/mol. The van der Waals surface area contributed by atoms with E-state index in [2.05, 4.69) is 15.1 Å². The average Bonchev–Trinajstić information content (AvgIpc) is 2.84. The number of hydrogen-bond acceptors (Lipinski definition) is 10. The van der Waals surface area contributed by atoms with E-state index in [0.29, 0.717) is 43.1 Å². The molecule has 172 valence electrons. The second-order valence-electron chi connectivity index (χ2n) is 7.67. The van der Waals surface area contributed by atoms with Gasteiger partial charge in [0.15, 0.2) is 15.6 Å². The van der Waals surface area contributed by atoms with Crippen molar-refractivity contribution in [3.63, 3.8) is 0 Å². The Labute approximate surface area is 195 Å². The van der Waals surface area contributed by atoms with Crippen molar-refractivity contribution in [3.05, 3.63) is 64.3 Å². The molecule has 3 aromatic rings. The van der Waals surface area contributed by atoms with Crippen LogP contribution in [0.5, 0.6) is 5.75 Å². The van der Waals surface area contributed by atoms with E-state index in [-0.39, 0.29) is 22.4 Å². The first-order valence-corrected chi connectivity index (χ1v) is 12.2. The van der Waals surface area contributed by atoms with Gasteiger partial charge in [0.05, 0.1) is 34.6 Å². The molecule has 0 N–H and O–H groups in total. The molecule has 0 spiro atoms. The lowest BCUT2D eigenvalue weighted by Crippen LogP contribution is -2.39. The van der Waals surface area contributed by atoms with Crippen LogP contribution in [0, 0.1) is 22.7 Å². The number of ether oxygens (including phenoxy) is 1. The highest BCUT2D eigenvalue weighted by atomic mass is 32.2. The highest BCUT2D eigenvalue weighted by Crippen LogP contribution is 2.22. The summed E-state index contributed by atoms with van der Waals surface area (Å²) in [7, 11) is -3.38. The SMILES string of the molecule is CS(=O)(=O)c1ccc(-n2nc(C#N)c(OC3CCN(c4ncc(C#N)cn4)CC3)cc2=O)cc1. The maximum atomic E-state index is 12.7. The Kier molecular flexibility index (Phi) is 6.25. The molecule has 1 fully saturated rings. The monoisotopic (exact) mass is 477 g/mol. The highest BCUT2D eigenvalue weighted by Gasteiger charge is 2.24. The van der Waals surface area contributed by atoms with Gasteiger partial charge in [-0.05, 0) is 24.3 Å². The molecule has 1 aliphatic rings. The molecule has 34 heavy (non-hydrogen) atoms. The summed E-state index contributed by atoms with van der Waals surface area (Å²) >= 11 is 0. The molecular weight excluding hydrogens is 458 g/mol. The van der Waals surface area contributed by atoms with Crippen molar-refractivity contribution in [3.8, 4) is 23.6 Å². The zero-order chi connectivity index (χ0) is 24.3. The second-order valence-corrected chi connectivity index (χ2v) is 9.69. The highest BCUT2D eigenvalue weighted by molar-refractivity contribution is 7.90. The zero-order valence-corrected chi connectivity index (χ0v) is 18.9. The maximum absolute atomic E-state index is 12.7. The first kappa shape index (κ1) is 22.9. The Bertz CT molecular complexity index is 1450. The van der Waals surface area contributed by atoms with E-state index in [0.717, 1.165) is 10.9 Å². The summed E-state index contributed by atoms with van der Waals surface area (Å²) in [6.07, 6.45) is 5.04. The van der Waals surface area contributed by atoms with Crippen molar-refractivity contribution in [1.29, 1.82) is 10.5 Å². The number of sulfone groups is 1. The van der Waals surface area contributed by atoms with Crippen LogP contribution in [0.4, 0.5) is 5.95 Å². The molecule has 0 amide bonds. The summed E-state index contributed by atoms with van der Waals surface area (Å²) in [5, 5.41) is 22.5. The van der Waals surface area contributed by atoms with Crippen LogP contribution in [0.15, 0.2) is 52.4 Å². The van der Waals surface area contributed by atoms with E-state index in [4.69, 9.17) is 10.00 Å². The molecule has 3 heterocycles. The van der Waals surface area contributed by atoms with Crippen molar-refractivity contribution in [2.24, 2.45) is 0 Å². The standard InChI is InChI=1S/C22H19N7O4S/c1-34(31,32)18-4-2-16(3-5-18)29-21(30)10-20(19(12-24)27-29)33-17-6-8-28(9-7-17)22-25-13-15(11-23)14-26-22/h2-5,10,13-14,17H,6-9H2,1H3. The molecule has 11 nitrogen and oxygen atoms in total. The van der Waals surface area contributed by atoms with Crippen LogP contribution in [0.1, 0.15) is 24.1 Å². The summed E-state index contributed by atoms with van der Waals surface area (Å²) in [6, 6.07) is 10.8. The predicted octanol–water partition coefficient (Wildman–Crippen LogP) is 1.22. The minimum Gasteiger partial charge on any atom is -0.487 e. The van der Waals surface area contributed by atoms with Crippen LogP contribution in [0.2, 0.25) is 0 Å². The minimum atomic E-state index is -3.38. The first-order chi connectivity index (χ1) is 16.3.